The van der Waals surface area contributed by atoms with E-state index < -0.39 is 65.2 Å². The maximum Gasteiger partial charge on any atom is 0.413 e. The van der Waals surface area contributed by atoms with E-state index in [2.05, 4.69) is 4.98 Å². The van der Waals surface area contributed by atoms with Gasteiger partial charge in [-0.2, -0.15) is 13.2 Å². The summed E-state index contributed by atoms with van der Waals surface area (Å²) in [4.78, 5) is 42.7. The molecule has 0 aliphatic carbocycles. The SMILES string of the molecule is CC[C@@H](NC(=O)Oc1cn(-c2c(F)cccc2F)c2nc(N3C[C@@H](O)CC3=O)ccc2c1=O)C(F)(F)F. The van der Waals surface area contributed by atoms with Gasteiger partial charge >= 0.3 is 12.3 Å². The monoisotopic (exact) mass is 526 g/mol. The number of halogens is 5. The Morgan fingerprint density at radius 2 is 1.89 bits per heavy atom. The molecule has 3 aromatic rings. The number of nitrogens with one attached hydrogen (secondary N) is 1. The van der Waals surface area contributed by atoms with Crippen molar-refractivity contribution in [1.82, 2.24) is 14.9 Å². The highest BCUT2D eigenvalue weighted by atomic mass is 19.4. The number of hydrogen-bond donors (Lipinski definition) is 2. The minimum Gasteiger partial charge on any atom is -0.405 e. The van der Waals surface area contributed by atoms with Crippen molar-refractivity contribution < 1.29 is 41.4 Å². The zero-order valence-corrected chi connectivity index (χ0v) is 19.1. The van der Waals surface area contributed by atoms with Crippen LogP contribution in [0.3, 0.4) is 0 Å². The summed E-state index contributed by atoms with van der Waals surface area (Å²) in [7, 11) is 0. The fourth-order valence-electron chi connectivity index (χ4n) is 3.88. The normalized spacial score (nSPS) is 16.8. The number of aliphatic hydroxyl groups excluding tert-OH is 1. The highest BCUT2D eigenvalue weighted by Gasteiger charge is 2.40. The van der Waals surface area contributed by atoms with Crippen molar-refractivity contribution in [2.45, 2.75) is 38.1 Å². The third-order valence-corrected chi connectivity index (χ3v) is 5.66. The van der Waals surface area contributed by atoms with Gasteiger partial charge in [0.25, 0.3) is 0 Å². The number of amides is 2. The Hall–Kier alpha value is -4.07. The maximum absolute atomic E-state index is 14.7. The van der Waals surface area contributed by atoms with Gasteiger partial charge in [-0.3, -0.25) is 19.1 Å². The number of rotatable bonds is 5. The van der Waals surface area contributed by atoms with E-state index in [4.69, 9.17) is 4.74 Å². The molecule has 0 radical (unpaired) electrons. The molecular formula is C23H19F5N4O5. The van der Waals surface area contributed by atoms with Crippen molar-refractivity contribution in [1.29, 1.82) is 0 Å². The van der Waals surface area contributed by atoms with E-state index in [1.54, 1.807) is 5.32 Å². The van der Waals surface area contributed by atoms with Crippen molar-refractivity contribution in [3.63, 3.8) is 0 Å². The lowest BCUT2D eigenvalue weighted by Crippen LogP contribution is -2.46. The first-order valence-corrected chi connectivity index (χ1v) is 10.9. The van der Waals surface area contributed by atoms with Crippen LogP contribution in [0.25, 0.3) is 16.7 Å². The van der Waals surface area contributed by atoms with Gasteiger partial charge in [-0.25, -0.2) is 18.6 Å². The molecule has 0 saturated carbocycles. The van der Waals surface area contributed by atoms with Crippen LogP contribution in [0.5, 0.6) is 5.75 Å². The molecule has 0 bridgehead atoms. The molecule has 2 aromatic heterocycles. The molecule has 1 fully saturated rings. The molecule has 1 aliphatic heterocycles. The smallest absolute Gasteiger partial charge is 0.405 e. The molecule has 3 heterocycles. The van der Waals surface area contributed by atoms with E-state index in [0.29, 0.717) is 0 Å². The van der Waals surface area contributed by atoms with Crippen LogP contribution in [0.15, 0.2) is 41.3 Å². The third-order valence-electron chi connectivity index (χ3n) is 5.66. The Kier molecular flexibility index (Phi) is 6.86. The Balaban J connectivity index is 1.86. The van der Waals surface area contributed by atoms with E-state index >= 15 is 0 Å². The van der Waals surface area contributed by atoms with Gasteiger partial charge in [0.15, 0.2) is 11.4 Å². The Bertz CT molecular complexity index is 1420. The molecule has 2 amide bonds. The van der Waals surface area contributed by atoms with Crippen LogP contribution in [0.1, 0.15) is 19.8 Å². The molecule has 14 heteroatoms. The van der Waals surface area contributed by atoms with Crippen LogP contribution < -0.4 is 20.4 Å². The van der Waals surface area contributed by atoms with Gasteiger partial charge < -0.3 is 15.2 Å². The van der Waals surface area contributed by atoms with Gasteiger partial charge in [0.1, 0.15) is 29.2 Å². The van der Waals surface area contributed by atoms with Crippen LogP contribution >= 0.6 is 0 Å². The van der Waals surface area contributed by atoms with Crippen LogP contribution in [-0.4, -0.2) is 51.5 Å². The minimum atomic E-state index is -4.78. The summed E-state index contributed by atoms with van der Waals surface area (Å²) in [6.45, 7) is 1.07. The second-order valence-electron chi connectivity index (χ2n) is 8.20. The number of nitrogens with zero attached hydrogens (tertiary/aromatic N) is 3. The lowest BCUT2D eigenvalue weighted by molar-refractivity contribution is -0.154. The molecule has 9 nitrogen and oxygen atoms in total. The summed E-state index contributed by atoms with van der Waals surface area (Å²) < 4.78 is 74.1. The predicted molar refractivity (Wildman–Crippen MR) is 120 cm³/mol. The topological polar surface area (TPSA) is 114 Å². The highest BCUT2D eigenvalue weighted by molar-refractivity contribution is 5.96. The first kappa shape index (κ1) is 26.0. The number of aliphatic hydroxyl groups is 1. The summed E-state index contributed by atoms with van der Waals surface area (Å²) in [6, 6.07) is 3.04. The van der Waals surface area contributed by atoms with Gasteiger partial charge in [-0.15, -0.1) is 0 Å². The van der Waals surface area contributed by atoms with Gasteiger partial charge in [0, 0.05) is 0 Å². The third kappa shape index (κ3) is 5.09. The van der Waals surface area contributed by atoms with Crippen molar-refractivity contribution >= 4 is 28.9 Å². The zero-order chi connectivity index (χ0) is 27.1. The number of hydrogen-bond acceptors (Lipinski definition) is 6. The number of para-hydroxylation sites is 1. The van der Waals surface area contributed by atoms with E-state index in [9.17, 15) is 41.4 Å². The number of fused-ring (bicyclic) bond motifs is 1. The molecule has 1 aromatic carbocycles. The number of benzene rings is 1. The van der Waals surface area contributed by atoms with Crippen molar-refractivity contribution in [2.24, 2.45) is 0 Å². The molecule has 1 saturated heterocycles. The Labute approximate surface area is 205 Å². The first-order valence-electron chi connectivity index (χ1n) is 10.9. The number of aromatic nitrogens is 2. The standard InChI is InChI=1S/C23H19F5N4O5/c1-2-16(23(26,27)28)29-22(36)37-15-10-32(19-13(24)4-3-5-14(19)25)21-12(20(15)35)6-7-17(30-21)31-9-11(33)8-18(31)34/h3-7,10-11,16,33H,2,8-9H2,1H3,(H,29,36)/t11-,16+/m0/s1. The zero-order valence-electron chi connectivity index (χ0n) is 19.1. The quantitative estimate of drug-likeness (QED) is 0.494. The minimum absolute atomic E-state index is 0.0266. The first-order chi connectivity index (χ1) is 17.4. The van der Waals surface area contributed by atoms with Gasteiger partial charge in [-0.1, -0.05) is 13.0 Å². The Morgan fingerprint density at radius 3 is 2.46 bits per heavy atom. The fraction of sp³-hybridized carbons (Fsp3) is 0.304. The van der Waals surface area contributed by atoms with E-state index in [1.165, 1.54) is 13.0 Å². The van der Waals surface area contributed by atoms with Crippen molar-refractivity contribution in [2.75, 3.05) is 11.4 Å². The molecule has 2 atom stereocenters. The largest absolute Gasteiger partial charge is 0.413 e. The van der Waals surface area contributed by atoms with Crippen molar-refractivity contribution in [3.05, 3.63) is 58.4 Å². The Morgan fingerprint density at radius 1 is 1.22 bits per heavy atom. The summed E-state index contributed by atoms with van der Waals surface area (Å²) in [5.41, 5.74) is -2.07. The lowest BCUT2D eigenvalue weighted by atomic mass is 10.2. The summed E-state index contributed by atoms with van der Waals surface area (Å²) >= 11 is 0. The van der Waals surface area contributed by atoms with E-state index in [1.807, 2.05) is 0 Å². The van der Waals surface area contributed by atoms with Crippen LogP contribution in [-0.2, 0) is 4.79 Å². The second-order valence-corrected chi connectivity index (χ2v) is 8.20. The van der Waals surface area contributed by atoms with Crippen LogP contribution in [0, 0.1) is 11.6 Å². The molecule has 1 aliphatic rings. The summed E-state index contributed by atoms with van der Waals surface area (Å²) in [5, 5.41) is 11.1. The molecule has 0 unspecified atom stereocenters. The molecular weight excluding hydrogens is 507 g/mol. The molecule has 37 heavy (non-hydrogen) atoms. The average molecular weight is 526 g/mol. The van der Waals surface area contributed by atoms with Gasteiger partial charge in [-0.05, 0) is 30.7 Å². The van der Waals surface area contributed by atoms with E-state index in [-0.39, 0.29) is 29.8 Å². The number of carbonyl (C=O) groups is 2. The van der Waals surface area contributed by atoms with Crippen LogP contribution in [0.2, 0.25) is 0 Å². The molecule has 2 N–H and O–H groups in total. The summed E-state index contributed by atoms with van der Waals surface area (Å²) in [5.74, 6) is -3.52. The van der Waals surface area contributed by atoms with Crippen molar-refractivity contribution in [3.8, 4) is 11.4 Å². The predicted octanol–water partition coefficient (Wildman–Crippen LogP) is 3.19. The van der Waals surface area contributed by atoms with Gasteiger partial charge in [0.05, 0.1) is 30.7 Å². The average Bonchev–Trinajstić information content (AvgIpc) is 3.16. The second kappa shape index (κ2) is 9.76. The number of anilines is 1. The van der Waals surface area contributed by atoms with E-state index in [0.717, 1.165) is 39.9 Å². The number of ether oxygens (including phenoxy) is 1. The summed E-state index contributed by atoms with van der Waals surface area (Å²) in [6.07, 6.45) is -7.33. The number of alkyl halides is 3. The number of β-amino-alcohol motifs (C(OH)–C–C–N with tert-alkyl or cyclic N) is 1. The van der Waals surface area contributed by atoms with Crippen LogP contribution in [0.4, 0.5) is 32.6 Å². The number of carbonyl (C=O) groups excluding carboxylic acids is 2. The molecule has 0 spiro atoms. The highest BCUT2D eigenvalue weighted by Crippen LogP contribution is 2.27. The lowest BCUT2D eigenvalue weighted by Gasteiger charge is -2.20. The molecule has 4 rings (SSSR count). The van der Waals surface area contributed by atoms with Gasteiger partial charge in [0.2, 0.25) is 11.3 Å². The number of pyridine rings is 2. The fourth-order valence-corrected chi connectivity index (χ4v) is 3.88. The molecule has 196 valence electrons. The maximum atomic E-state index is 14.7.